The van der Waals surface area contributed by atoms with E-state index in [0.29, 0.717) is 17.7 Å². The number of aliphatic hydroxyl groups excluding tert-OH is 1. The van der Waals surface area contributed by atoms with E-state index in [9.17, 15) is 54.2 Å². The van der Waals surface area contributed by atoms with Crippen LogP contribution in [0.4, 0.5) is 42.1 Å². The van der Waals surface area contributed by atoms with Crippen LogP contribution < -0.4 is 14.5 Å². The molecule has 248 valence electrons. The van der Waals surface area contributed by atoms with Crippen molar-refractivity contribution in [2.75, 3.05) is 22.8 Å². The first-order valence-corrected chi connectivity index (χ1v) is 15.4. The van der Waals surface area contributed by atoms with Crippen LogP contribution in [0.1, 0.15) is 35.6 Å². The second-order valence-electron chi connectivity index (χ2n) is 11.3. The van der Waals surface area contributed by atoms with E-state index < -0.39 is 74.8 Å². The fraction of sp³-hybridized carbons (Fsp3) is 0.367. The van der Waals surface area contributed by atoms with E-state index in [4.69, 9.17) is 0 Å². The molecule has 1 amide bonds. The number of hydrogen-bond donors (Lipinski definition) is 3. The van der Waals surface area contributed by atoms with Gasteiger partial charge < -0.3 is 20.4 Å². The summed E-state index contributed by atoms with van der Waals surface area (Å²) in [4.78, 5) is 14.7. The summed E-state index contributed by atoms with van der Waals surface area (Å²) < 4.78 is 124. The molecule has 3 aromatic rings. The quantitative estimate of drug-likeness (QED) is 0.327. The lowest BCUT2D eigenvalue weighted by Crippen LogP contribution is -2.54. The molecule has 46 heavy (non-hydrogen) atoms. The molecule has 2 unspecified atom stereocenters. The van der Waals surface area contributed by atoms with Gasteiger partial charge in [0.25, 0.3) is 15.6 Å². The van der Waals surface area contributed by atoms with Crippen molar-refractivity contribution >= 4 is 27.3 Å². The van der Waals surface area contributed by atoms with Crippen molar-refractivity contribution in [1.82, 2.24) is 5.32 Å². The molecule has 2 heterocycles. The van der Waals surface area contributed by atoms with E-state index >= 15 is 0 Å². The molecule has 5 rings (SSSR count). The zero-order chi connectivity index (χ0) is 33.8. The van der Waals surface area contributed by atoms with Gasteiger partial charge in [0, 0.05) is 36.8 Å². The summed E-state index contributed by atoms with van der Waals surface area (Å²) in [6.45, 7) is 0.207. The lowest BCUT2D eigenvalue weighted by Gasteiger charge is -2.40. The Morgan fingerprint density at radius 3 is 2.22 bits per heavy atom. The minimum Gasteiger partial charge on any atom is -0.386 e. The number of benzene rings is 3. The molecular weight excluding hydrogens is 647 g/mol. The summed E-state index contributed by atoms with van der Waals surface area (Å²) in [5, 5.41) is 23.6. The summed E-state index contributed by atoms with van der Waals surface area (Å²) >= 11 is 0. The van der Waals surface area contributed by atoms with E-state index in [0.717, 1.165) is 40.3 Å². The van der Waals surface area contributed by atoms with E-state index in [-0.39, 0.29) is 30.6 Å². The number of likely N-dealkylation sites (N-methyl/N-ethyl adjacent to an activating group) is 1. The van der Waals surface area contributed by atoms with E-state index in [1.807, 2.05) is 4.90 Å². The Balaban J connectivity index is 1.50. The Hall–Kier alpha value is -3.89. The summed E-state index contributed by atoms with van der Waals surface area (Å²) in [7, 11) is -2.91. The number of sulfonamides is 1. The second kappa shape index (κ2) is 11.7. The number of aliphatic hydroxyl groups is 2. The number of nitrogens with one attached hydrogen (secondary N) is 1. The van der Waals surface area contributed by atoms with Gasteiger partial charge >= 0.3 is 12.4 Å². The van der Waals surface area contributed by atoms with E-state index in [2.05, 4.69) is 5.32 Å². The number of para-hydroxylation sites is 1. The summed E-state index contributed by atoms with van der Waals surface area (Å²) in [5.74, 6) is -1.44. The fourth-order valence-electron chi connectivity index (χ4n) is 5.98. The summed E-state index contributed by atoms with van der Waals surface area (Å²) in [5.41, 5.74) is -6.05. The molecule has 3 N–H and O–H groups in total. The number of halogens is 7. The van der Waals surface area contributed by atoms with Crippen LogP contribution in [0.25, 0.3) is 0 Å². The van der Waals surface area contributed by atoms with Gasteiger partial charge in [0.1, 0.15) is 11.9 Å². The van der Waals surface area contributed by atoms with Gasteiger partial charge in [0.15, 0.2) is 0 Å². The van der Waals surface area contributed by atoms with E-state index in [1.165, 1.54) is 0 Å². The summed E-state index contributed by atoms with van der Waals surface area (Å²) in [6, 6.07) is 10.1. The Labute approximate surface area is 259 Å². The Morgan fingerprint density at radius 2 is 1.59 bits per heavy atom. The number of fused-ring (bicyclic) bond motifs is 2. The average molecular weight is 676 g/mol. The van der Waals surface area contributed by atoms with Crippen LogP contribution in [0.3, 0.4) is 0 Å². The molecule has 0 fully saturated rings. The van der Waals surface area contributed by atoms with Gasteiger partial charge in [-0.15, -0.1) is 0 Å². The number of aryl methyl sites for hydroxylation is 1. The highest BCUT2D eigenvalue weighted by Gasteiger charge is 2.71. The zero-order valence-electron chi connectivity index (χ0n) is 24.0. The van der Waals surface area contributed by atoms with Crippen molar-refractivity contribution in [2.24, 2.45) is 0 Å². The van der Waals surface area contributed by atoms with E-state index in [1.54, 1.807) is 31.3 Å². The van der Waals surface area contributed by atoms with Crippen LogP contribution in [0.2, 0.25) is 0 Å². The normalized spacial score (nSPS) is 20.6. The van der Waals surface area contributed by atoms with Crippen LogP contribution in [0.15, 0.2) is 71.6 Å². The number of alkyl halides is 6. The minimum atomic E-state index is -6.16. The molecule has 0 spiro atoms. The maximum absolute atomic E-state index is 13.9. The van der Waals surface area contributed by atoms with Gasteiger partial charge in [0.2, 0.25) is 5.91 Å². The number of amides is 1. The van der Waals surface area contributed by atoms with Gasteiger partial charge in [-0.25, -0.2) is 12.8 Å². The number of carbonyl (C=O) groups is 1. The molecule has 16 heteroatoms. The van der Waals surface area contributed by atoms with Crippen molar-refractivity contribution in [2.45, 2.75) is 60.3 Å². The molecule has 0 saturated heterocycles. The predicted octanol–water partition coefficient (Wildman–Crippen LogP) is 4.71. The molecule has 0 bridgehead atoms. The molecule has 8 nitrogen and oxygen atoms in total. The molecule has 0 saturated carbocycles. The first-order valence-electron chi connectivity index (χ1n) is 13.9. The lowest BCUT2D eigenvalue weighted by molar-refractivity contribution is -0.376. The van der Waals surface area contributed by atoms with Gasteiger partial charge in [-0.05, 0) is 54.8 Å². The fourth-order valence-corrected chi connectivity index (χ4v) is 7.70. The van der Waals surface area contributed by atoms with Crippen molar-refractivity contribution in [1.29, 1.82) is 0 Å². The van der Waals surface area contributed by atoms with Crippen molar-refractivity contribution in [3.63, 3.8) is 0 Å². The second-order valence-corrected chi connectivity index (χ2v) is 13.1. The number of hydrogen-bond acceptors (Lipinski definition) is 6. The van der Waals surface area contributed by atoms with Crippen molar-refractivity contribution in [3.8, 4) is 0 Å². The molecule has 3 aromatic carbocycles. The third-order valence-electron chi connectivity index (χ3n) is 8.29. The number of nitrogens with zero attached hydrogens (tertiary/aromatic N) is 2. The highest BCUT2D eigenvalue weighted by Crippen LogP contribution is 2.51. The van der Waals surface area contributed by atoms with Gasteiger partial charge in [-0.3, -0.25) is 9.10 Å². The Morgan fingerprint density at radius 1 is 0.957 bits per heavy atom. The van der Waals surface area contributed by atoms with Gasteiger partial charge in [0.05, 0.1) is 22.7 Å². The molecule has 0 aliphatic carbocycles. The van der Waals surface area contributed by atoms with Crippen LogP contribution in [0.5, 0.6) is 0 Å². The Kier molecular flexibility index (Phi) is 8.53. The maximum atomic E-state index is 13.9. The standard InChI is InChI=1S/C30H28F7N3O5S/c1-39-16-23(27(42)22-4-2-3-5-25(22)39)38-26(41)15-20-10-6-17-14-18(28(43,29(32,33)34)30(35,36)37)7-13-24(17)40(20)46(44,45)21-11-8-19(31)9-12-21/h2-5,7-9,11-14,20,23,27,42-43H,6,10,15-16H2,1H3,(H,38,41)/t20-,23?,27?/m0/s1. The zero-order valence-corrected chi connectivity index (χ0v) is 24.8. The van der Waals surface area contributed by atoms with Crippen LogP contribution in [-0.4, -0.2) is 62.6 Å². The highest BCUT2D eigenvalue weighted by atomic mass is 32.2. The molecule has 2 aliphatic rings. The molecule has 0 aromatic heterocycles. The first-order chi connectivity index (χ1) is 21.4. The molecular formula is C30H28F7N3O5S. The minimum absolute atomic E-state index is 0.207. The SMILES string of the molecule is CN1CC(NC(=O)C[C@@H]2CCc3cc(C(O)(C(F)(F)F)C(F)(F)F)ccc3N2S(=O)(=O)c2ccc(F)cc2)C(O)c2ccccc21. The average Bonchev–Trinajstić information content (AvgIpc) is 2.98. The van der Waals surface area contributed by atoms with Gasteiger partial charge in [-0.1, -0.05) is 30.3 Å². The third-order valence-corrected chi connectivity index (χ3v) is 10.2. The topological polar surface area (TPSA) is 110 Å². The lowest BCUT2D eigenvalue weighted by atomic mass is 9.87. The number of rotatable bonds is 6. The third kappa shape index (κ3) is 5.77. The monoisotopic (exact) mass is 675 g/mol. The Bertz CT molecular complexity index is 1720. The van der Waals surface area contributed by atoms with Crippen LogP contribution in [0, 0.1) is 5.82 Å². The smallest absolute Gasteiger partial charge is 0.386 e. The highest BCUT2D eigenvalue weighted by molar-refractivity contribution is 7.92. The van der Waals surface area contributed by atoms with Crippen LogP contribution >= 0.6 is 0 Å². The van der Waals surface area contributed by atoms with Crippen LogP contribution in [-0.2, 0) is 26.8 Å². The number of carbonyl (C=O) groups excluding carboxylic acids is 1. The van der Waals surface area contributed by atoms with Gasteiger partial charge in [-0.2, -0.15) is 26.3 Å². The van der Waals surface area contributed by atoms with Crippen molar-refractivity contribution in [3.05, 3.63) is 89.2 Å². The maximum Gasteiger partial charge on any atom is 0.430 e. The largest absolute Gasteiger partial charge is 0.430 e. The summed E-state index contributed by atoms with van der Waals surface area (Å²) in [6.07, 6.45) is -14.4. The van der Waals surface area contributed by atoms with Crippen molar-refractivity contribution < 1.29 is 54.2 Å². The number of anilines is 2. The molecule has 2 aliphatic heterocycles. The molecule has 0 radical (unpaired) electrons. The predicted molar refractivity (Wildman–Crippen MR) is 152 cm³/mol. The molecule has 3 atom stereocenters. The first kappa shape index (κ1) is 33.5.